The van der Waals surface area contributed by atoms with Gasteiger partial charge in [0.1, 0.15) is 6.04 Å². The van der Waals surface area contributed by atoms with E-state index in [0.717, 1.165) is 24.1 Å². The summed E-state index contributed by atoms with van der Waals surface area (Å²) in [5.41, 5.74) is 0. The Hall–Kier alpha value is -1.87. The van der Waals surface area contributed by atoms with Crippen molar-refractivity contribution in [2.45, 2.75) is 42.6 Å². The molecule has 128 valence electrons. The van der Waals surface area contributed by atoms with Crippen LogP contribution in [0.5, 0.6) is 0 Å². The SMILES string of the molecule is C[C@H](C(=O)O)n1c(S[C@@H]2CCCCNC2=O)nnc1-c1cccs1. The van der Waals surface area contributed by atoms with E-state index in [0.29, 0.717) is 17.5 Å². The average molecular weight is 366 g/mol. The fraction of sp³-hybridized carbons (Fsp3) is 0.467. The highest BCUT2D eigenvalue weighted by Crippen LogP contribution is 2.33. The first-order valence-corrected chi connectivity index (χ1v) is 9.50. The number of amides is 1. The molecule has 1 aliphatic heterocycles. The van der Waals surface area contributed by atoms with Gasteiger partial charge in [0, 0.05) is 6.54 Å². The van der Waals surface area contributed by atoms with Gasteiger partial charge in [-0.1, -0.05) is 24.2 Å². The number of nitrogens with zero attached hydrogens (tertiary/aromatic N) is 3. The molecule has 0 aliphatic carbocycles. The van der Waals surface area contributed by atoms with Crippen molar-refractivity contribution in [2.75, 3.05) is 6.54 Å². The van der Waals surface area contributed by atoms with Gasteiger partial charge < -0.3 is 10.4 Å². The first-order valence-electron chi connectivity index (χ1n) is 7.74. The molecule has 1 saturated heterocycles. The molecular formula is C15H18N4O3S2. The molecule has 7 nitrogen and oxygen atoms in total. The quantitative estimate of drug-likeness (QED) is 0.843. The normalized spacial score (nSPS) is 19.5. The van der Waals surface area contributed by atoms with Crippen molar-refractivity contribution >= 4 is 35.0 Å². The lowest BCUT2D eigenvalue weighted by molar-refractivity contribution is -0.140. The summed E-state index contributed by atoms with van der Waals surface area (Å²) in [4.78, 5) is 24.5. The molecule has 1 amide bonds. The Bertz CT molecular complexity index is 729. The minimum atomic E-state index is -0.959. The maximum Gasteiger partial charge on any atom is 0.326 e. The fourth-order valence-electron chi connectivity index (χ4n) is 2.54. The van der Waals surface area contributed by atoms with Crippen molar-refractivity contribution in [1.29, 1.82) is 0 Å². The Morgan fingerprint density at radius 2 is 2.33 bits per heavy atom. The van der Waals surface area contributed by atoms with Gasteiger partial charge in [-0.2, -0.15) is 0 Å². The first kappa shape index (κ1) is 17.0. The van der Waals surface area contributed by atoms with Gasteiger partial charge >= 0.3 is 5.97 Å². The number of hydrogen-bond acceptors (Lipinski definition) is 6. The van der Waals surface area contributed by atoms with Crippen molar-refractivity contribution in [1.82, 2.24) is 20.1 Å². The van der Waals surface area contributed by atoms with E-state index < -0.39 is 12.0 Å². The zero-order chi connectivity index (χ0) is 17.1. The molecule has 9 heteroatoms. The molecule has 0 unspecified atom stereocenters. The van der Waals surface area contributed by atoms with Crippen molar-refractivity contribution in [3.05, 3.63) is 17.5 Å². The number of aromatic nitrogens is 3. The zero-order valence-corrected chi connectivity index (χ0v) is 14.8. The molecule has 2 N–H and O–H groups in total. The van der Waals surface area contributed by atoms with Crippen LogP contribution in [0, 0.1) is 0 Å². The van der Waals surface area contributed by atoms with Gasteiger partial charge in [0.2, 0.25) is 5.91 Å². The number of rotatable bonds is 5. The van der Waals surface area contributed by atoms with Crippen LogP contribution in [-0.2, 0) is 9.59 Å². The van der Waals surface area contributed by atoms with Gasteiger partial charge in [-0.15, -0.1) is 21.5 Å². The van der Waals surface area contributed by atoms with Crippen LogP contribution in [0.25, 0.3) is 10.7 Å². The molecule has 0 radical (unpaired) electrons. The third-order valence-electron chi connectivity index (χ3n) is 3.88. The van der Waals surface area contributed by atoms with Gasteiger partial charge in [-0.05, 0) is 31.2 Å². The summed E-state index contributed by atoms with van der Waals surface area (Å²) in [6.45, 7) is 2.29. The topological polar surface area (TPSA) is 97.1 Å². The summed E-state index contributed by atoms with van der Waals surface area (Å²) in [6, 6.07) is 2.95. The lowest BCUT2D eigenvalue weighted by Crippen LogP contribution is -2.31. The molecule has 24 heavy (non-hydrogen) atoms. The molecule has 0 spiro atoms. The molecule has 3 rings (SSSR count). The highest BCUT2D eigenvalue weighted by atomic mass is 32.2. The summed E-state index contributed by atoms with van der Waals surface area (Å²) in [6.07, 6.45) is 2.66. The van der Waals surface area contributed by atoms with Crippen LogP contribution in [0.15, 0.2) is 22.7 Å². The second-order valence-electron chi connectivity index (χ2n) is 5.56. The van der Waals surface area contributed by atoms with Gasteiger partial charge in [-0.25, -0.2) is 4.79 Å². The van der Waals surface area contributed by atoms with E-state index in [4.69, 9.17) is 0 Å². The van der Waals surface area contributed by atoms with Crippen molar-refractivity contribution in [3.8, 4) is 10.7 Å². The molecule has 0 aromatic carbocycles. The van der Waals surface area contributed by atoms with Gasteiger partial charge in [0.15, 0.2) is 11.0 Å². The van der Waals surface area contributed by atoms with Crippen LogP contribution in [0.2, 0.25) is 0 Å². The van der Waals surface area contributed by atoms with Crippen LogP contribution >= 0.6 is 23.1 Å². The van der Waals surface area contributed by atoms with E-state index in [1.54, 1.807) is 11.5 Å². The maximum absolute atomic E-state index is 12.2. The first-order chi connectivity index (χ1) is 11.6. The third kappa shape index (κ3) is 3.46. The largest absolute Gasteiger partial charge is 0.480 e. The number of carbonyl (C=O) groups is 2. The molecule has 2 aromatic rings. The summed E-state index contributed by atoms with van der Waals surface area (Å²) in [5, 5.41) is 22.8. The van der Waals surface area contributed by atoms with E-state index in [1.165, 1.54) is 23.1 Å². The predicted molar refractivity (Wildman–Crippen MR) is 92.2 cm³/mol. The van der Waals surface area contributed by atoms with Crippen LogP contribution in [0.1, 0.15) is 32.2 Å². The molecule has 0 saturated carbocycles. The summed E-state index contributed by atoms with van der Waals surface area (Å²) in [7, 11) is 0. The number of thiophene rings is 1. The Kier molecular flexibility index (Phi) is 5.20. The van der Waals surface area contributed by atoms with Gasteiger partial charge in [0.25, 0.3) is 0 Å². The van der Waals surface area contributed by atoms with Crippen molar-refractivity contribution < 1.29 is 14.7 Å². The van der Waals surface area contributed by atoms with E-state index in [2.05, 4.69) is 15.5 Å². The van der Waals surface area contributed by atoms with E-state index in [1.807, 2.05) is 17.5 Å². The second-order valence-corrected chi connectivity index (χ2v) is 7.68. The van der Waals surface area contributed by atoms with Crippen molar-refractivity contribution in [2.24, 2.45) is 0 Å². The summed E-state index contributed by atoms with van der Waals surface area (Å²) < 4.78 is 1.61. The summed E-state index contributed by atoms with van der Waals surface area (Å²) >= 11 is 2.77. The lowest BCUT2D eigenvalue weighted by Gasteiger charge is -2.16. The van der Waals surface area contributed by atoms with Crippen LogP contribution < -0.4 is 5.32 Å². The number of nitrogens with one attached hydrogen (secondary N) is 1. The summed E-state index contributed by atoms with van der Waals surface area (Å²) in [5.74, 6) is -0.455. The molecule has 2 atom stereocenters. The molecular weight excluding hydrogens is 348 g/mol. The maximum atomic E-state index is 12.2. The van der Waals surface area contributed by atoms with E-state index in [9.17, 15) is 14.7 Å². The second kappa shape index (κ2) is 7.35. The van der Waals surface area contributed by atoms with Crippen LogP contribution in [-0.4, -0.2) is 43.5 Å². The van der Waals surface area contributed by atoms with Gasteiger partial charge in [0.05, 0.1) is 10.1 Å². The molecule has 2 aromatic heterocycles. The molecule has 0 bridgehead atoms. The van der Waals surface area contributed by atoms with Crippen LogP contribution in [0.4, 0.5) is 0 Å². The monoisotopic (exact) mass is 366 g/mol. The third-order valence-corrected chi connectivity index (χ3v) is 5.97. The minimum Gasteiger partial charge on any atom is -0.480 e. The number of thioether (sulfide) groups is 1. The standard InChI is InChI=1S/C15H18N4O3S2/c1-9(14(21)22)19-12(10-6-4-8-23-10)17-18-15(19)24-11-5-2-3-7-16-13(11)20/h4,6,8-9,11H,2-3,5,7H2,1H3,(H,16,20)(H,21,22)/t9-,11-/m1/s1. The van der Waals surface area contributed by atoms with Gasteiger partial charge in [-0.3, -0.25) is 9.36 Å². The fourth-order valence-corrected chi connectivity index (χ4v) is 4.42. The van der Waals surface area contributed by atoms with Crippen LogP contribution in [0.3, 0.4) is 0 Å². The number of aliphatic carboxylic acids is 1. The Labute approximate surface area is 147 Å². The van der Waals surface area contributed by atoms with E-state index in [-0.39, 0.29) is 11.2 Å². The Balaban J connectivity index is 1.95. The number of carboxylic acids is 1. The lowest BCUT2D eigenvalue weighted by atomic mass is 10.2. The molecule has 3 heterocycles. The average Bonchev–Trinajstić information content (AvgIpc) is 3.17. The van der Waals surface area contributed by atoms with E-state index >= 15 is 0 Å². The zero-order valence-electron chi connectivity index (χ0n) is 13.1. The predicted octanol–water partition coefficient (Wildman–Crippen LogP) is 2.41. The minimum absolute atomic E-state index is 0.0206. The Morgan fingerprint density at radius 1 is 1.50 bits per heavy atom. The number of carbonyl (C=O) groups excluding carboxylic acids is 1. The van der Waals surface area contributed by atoms with Crippen molar-refractivity contribution in [3.63, 3.8) is 0 Å². The molecule has 1 aliphatic rings. The highest BCUT2D eigenvalue weighted by Gasteiger charge is 2.29. The number of hydrogen-bond donors (Lipinski definition) is 2. The molecule has 1 fully saturated rings. The number of carboxylic acid groups (broad SMARTS) is 1. The Morgan fingerprint density at radius 3 is 3.04 bits per heavy atom. The highest BCUT2D eigenvalue weighted by molar-refractivity contribution is 8.00. The smallest absolute Gasteiger partial charge is 0.326 e.